The van der Waals surface area contributed by atoms with Crippen LogP contribution in [0.2, 0.25) is 5.02 Å². The number of benzene rings is 1. The zero-order valence-corrected chi connectivity index (χ0v) is 14.8. The number of rotatable bonds is 4. The maximum atomic E-state index is 13.3. The van der Waals surface area contributed by atoms with E-state index in [1.54, 1.807) is 45.0 Å². The molecule has 3 atom stereocenters. The van der Waals surface area contributed by atoms with Gasteiger partial charge in [0, 0.05) is 16.5 Å². The van der Waals surface area contributed by atoms with Crippen molar-refractivity contribution in [1.82, 2.24) is 0 Å². The number of cyclic esters (lactones) is 1. The predicted octanol–water partition coefficient (Wildman–Crippen LogP) is 3.04. The fourth-order valence-corrected chi connectivity index (χ4v) is 4.81. The van der Waals surface area contributed by atoms with Gasteiger partial charge in [0.1, 0.15) is 5.60 Å². The molecule has 3 unspecified atom stereocenters. The van der Waals surface area contributed by atoms with Crippen molar-refractivity contribution in [2.24, 2.45) is 16.7 Å². The van der Waals surface area contributed by atoms with Crippen molar-refractivity contribution < 1.29 is 23.9 Å². The van der Waals surface area contributed by atoms with Gasteiger partial charge in [-0.3, -0.25) is 14.4 Å². The van der Waals surface area contributed by atoms with Gasteiger partial charge < -0.3 is 9.47 Å². The molecule has 0 aromatic heterocycles. The molecule has 2 aliphatic rings. The monoisotopic (exact) mass is 350 g/mol. The molecule has 0 spiro atoms. The van der Waals surface area contributed by atoms with Gasteiger partial charge in [-0.2, -0.15) is 0 Å². The highest BCUT2D eigenvalue weighted by Crippen LogP contribution is 2.80. The molecular weight excluding hydrogens is 332 g/mol. The molecule has 1 saturated heterocycles. The second-order valence-corrected chi connectivity index (χ2v) is 7.32. The Labute approximate surface area is 145 Å². The van der Waals surface area contributed by atoms with E-state index in [0.717, 1.165) is 0 Å². The number of Topliss-reactive ketones (excluding diaryl/α,β-unsaturated/α-hetero) is 1. The highest BCUT2D eigenvalue weighted by atomic mass is 35.5. The highest BCUT2D eigenvalue weighted by Gasteiger charge is 2.95. The molecule has 0 N–H and O–H groups in total. The van der Waals surface area contributed by atoms with E-state index in [4.69, 9.17) is 21.1 Å². The lowest BCUT2D eigenvalue weighted by atomic mass is 9.81. The van der Waals surface area contributed by atoms with Gasteiger partial charge in [-0.15, -0.1) is 0 Å². The average molecular weight is 351 g/mol. The SMILES string of the molecule is CCC1(C(=O)c2ccc(Cl)cc2)C2C(C)(C)OC(=O)C21C(=O)OC. The topological polar surface area (TPSA) is 69.7 Å². The summed E-state index contributed by atoms with van der Waals surface area (Å²) in [5, 5.41) is 0.510. The van der Waals surface area contributed by atoms with E-state index in [1.165, 1.54) is 7.11 Å². The standard InChI is InChI=1S/C18H19ClO5/c1-5-17(12(20)10-6-8-11(19)9-7-10)13-16(2,3)24-15(22)18(13,17)14(21)23-4/h6-9,13H,5H2,1-4H3. The molecule has 0 bridgehead atoms. The molecule has 1 aliphatic carbocycles. The quantitative estimate of drug-likeness (QED) is 0.474. The lowest BCUT2D eigenvalue weighted by molar-refractivity contribution is -0.165. The van der Waals surface area contributed by atoms with Crippen LogP contribution in [0.3, 0.4) is 0 Å². The van der Waals surface area contributed by atoms with Crippen molar-refractivity contribution in [2.75, 3.05) is 7.11 Å². The van der Waals surface area contributed by atoms with Crippen LogP contribution in [0, 0.1) is 16.7 Å². The van der Waals surface area contributed by atoms with Crippen LogP contribution in [0.4, 0.5) is 0 Å². The number of esters is 2. The smallest absolute Gasteiger partial charge is 0.325 e. The van der Waals surface area contributed by atoms with Crippen molar-refractivity contribution >= 4 is 29.3 Å². The fourth-order valence-electron chi connectivity index (χ4n) is 4.68. The molecule has 3 rings (SSSR count). The van der Waals surface area contributed by atoms with Crippen molar-refractivity contribution in [3.8, 4) is 0 Å². The molecule has 0 amide bonds. The van der Waals surface area contributed by atoms with Gasteiger partial charge in [0.05, 0.1) is 12.5 Å². The summed E-state index contributed by atoms with van der Waals surface area (Å²) < 4.78 is 10.3. The largest absolute Gasteiger partial charge is 0.468 e. The third kappa shape index (κ3) is 1.73. The normalized spacial score (nSPS) is 32.7. The van der Waals surface area contributed by atoms with Gasteiger partial charge in [-0.05, 0) is 44.5 Å². The Bertz CT molecular complexity index is 738. The third-order valence-electron chi connectivity index (χ3n) is 5.50. The molecule has 6 heteroatoms. The lowest BCUT2D eigenvalue weighted by Crippen LogP contribution is -2.40. The summed E-state index contributed by atoms with van der Waals surface area (Å²) in [4.78, 5) is 38.5. The van der Waals surface area contributed by atoms with Crippen LogP contribution in [-0.2, 0) is 19.1 Å². The molecule has 0 radical (unpaired) electrons. The van der Waals surface area contributed by atoms with Crippen LogP contribution >= 0.6 is 11.6 Å². The van der Waals surface area contributed by atoms with Crippen molar-refractivity contribution in [3.63, 3.8) is 0 Å². The van der Waals surface area contributed by atoms with Crippen molar-refractivity contribution in [1.29, 1.82) is 0 Å². The Balaban J connectivity index is 2.16. The van der Waals surface area contributed by atoms with Gasteiger partial charge in [-0.25, -0.2) is 0 Å². The van der Waals surface area contributed by atoms with Crippen LogP contribution in [-0.4, -0.2) is 30.4 Å². The second-order valence-electron chi connectivity index (χ2n) is 6.89. The first kappa shape index (κ1) is 17.0. The highest BCUT2D eigenvalue weighted by molar-refractivity contribution is 6.30. The van der Waals surface area contributed by atoms with Crippen LogP contribution in [0.1, 0.15) is 37.6 Å². The molecular formula is C18H19ClO5. The number of hydrogen-bond acceptors (Lipinski definition) is 5. The van der Waals surface area contributed by atoms with Crippen LogP contribution in [0.5, 0.6) is 0 Å². The van der Waals surface area contributed by atoms with E-state index in [9.17, 15) is 14.4 Å². The minimum atomic E-state index is -1.56. The molecule has 1 aromatic carbocycles. The van der Waals surface area contributed by atoms with E-state index < -0.39 is 34.3 Å². The van der Waals surface area contributed by atoms with E-state index in [1.807, 2.05) is 0 Å². The van der Waals surface area contributed by atoms with Gasteiger partial charge in [0.25, 0.3) is 0 Å². The summed E-state index contributed by atoms with van der Waals surface area (Å²) in [5.74, 6) is -2.17. The second kappa shape index (κ2) is 5.06. The van der Waals surface area contributed by atoms with E-state index in [-0.39, 0.29) is 5.78 Å². The number of ether oxygens (including phenoxy) is 2. The summed E-state index contributed by atoms with van der Waals surface area (Å²) in [5.41, 5.74) is -3.20. The fraction of sp³-hybridized carbons (Fsp3) is 0.500. The van der Waals surface area contributed by atoms with Crippen molar-refractivity contribution in [3.05, 3.63) is 34.9 Å². The van der Waals surface area contributed by atoms with Crippen LogP contribution in [0.15, 0.2) is 24.3 Å². The molecule has 1 aromatic rings. The Hall–Kier alpha value is -1.88. The zero-order chi connectivity index (χ0) is 17.9. The predicted molar refractivity (Wildman–Crippen MR) is 86.6 cm³/mol. The van der Waals surface area contributed by atoms with Gasteiger partial charge >= 0.3 is 11.9 Å². The number of methoxy groups -OCH3 is 1. The number of carbonyl (C=O) groups excluding carboxylic acids is 3. The Morgan fingerprint density at radius 3 is 2.33 bits per heavy atom. The van der Waals surface area contributed by atoms with Crippen molar-refractivity contribution in [2.45, 2.75) is 32.8 Å². The van der Waals surface area contributed by atoms with Crippen LogP contribution in [0.25, 0.3) is 0 Å². The first-order valence-electron chi connectivity index (χ1n) is 7.82. The summed E-state index contributed by atoms with van der Waals surface area (Å²) in [6.45, 7) is 5.26. The van der Waals surface area contributed by atoms with Gasteiger partial charge in [-0.1, -0.05) is 18.5 Å². The average Bonchev–Trinajstić information content (AvgIpc) is 3.14. The van der Waals surface area contributed by atoms with Crippen LogP contribution < -0.4 is 0 Å². The Morgan fingerprint density at radius 2 is 1.83 bits per heavy atom. The Morgan fingerprint density at radius 1 is 1.25 bits per heavy atom. The molecule has 1 saturated carbocycles. The van der Waals surface area contributed by atoms with E-state index >= 15 is 0 Å². The zero-order valence-electron chi connectivity index (χ0n) is 14.0. The summed E-state index contributed by atoms with van der Waals surface area (Å²) in [6.07, 6.45) is 0.340. The lowest BCUT2D eigenvalue weighted by Gasteiger charge is -2.28. The minimum absolute atomic E-state index is 0.248. The maximum absolute atomic E-state index is 13.3. The number of carbonyl (C=O) groups is 3. The minimum Gasteiger partial charge on any atom is -0.468 e. The number of ketones is 1. The summed E-state index contributed by atoms with van der Waals surface area (Å²) in [7, 11) is 1.22. The first-order chi connectivity index (χ1) is 11.2. The van der Waals surface area contributed by atoms with Gasteiger partial charge in [0.15, 0.2) is 11.2 Å². The molecule has 24 heavy (non-hydrogen) atoms. The first-order valence-corrected chi connectivity index (χ1v) is 8.20. The van der Waals surface area contributed by atoms with E-state index in [2.05, 4.69) is 0 Å². The van der Waals surface area contributed by atoms with Gasteiger partial charge in [0.2, 0.25) is 0 Å². The summed E-state index contributed by atoms with van der Waals surface area (Å²) >= 11 is 5.89. The molecule has 1 aliphatic heterocycles. The number of hydrogen-bond donors (Lipinski definition) is 0. The molecule has 5 nitrogen and oxygen atoms in total. The number of fused-ring (bicyclic) bond motifs is 1. The molecule has 1 heterocycles. The van der Waals surface area contributed by atoms with E-state index in [0.29, 0.717) is 17.0 Å². The molecule has 128 valence electrons. The third-order valence-corrected chi connectivity index (χ3v) is 5.75. The summed E-state index contributed by atoms with van der Waals surface area (Å²) in [6, 6.07) is 6.45. The number of halogens is 1. The maximum Gasteiger partial charge on any atom is 0.325 e. The molecule has 2 fully saturated rings. The Kier molecular flexibility index (Phi) is 3.57.